The van der Waals surface area contributed by atoms with Gasteiger partial charge in [-0.15, -0.1) is 10.2 Å². The molecule has 8 nitrogen and oxygen atoms in total. The summed E-state index contributed by atoms with van der Waals surface area (Å²) >= 11 is 1.38. The molecule has 1 fully saturated rings. The first-order valence-electron chi connectivity index (χ1n) is 10.6. The van der Waals surface area contributed by atoms with Gasteiger partial charge in [-0.05, 0) is 49.2 Å². The number of anilines is 1. The lowest BCUT2D eigenvalue weighted by molar-refractivity contribution is -0.113. The molecule has 0 bridgehead atoms. The summed E-state index contributed by atoms with van der Waals surface area (Å²) in [5.74, 6) is 0.439. The van der Waals surface area contributed by atoms with Crippen molar-refractivity contribution in [2.75, 3.05) is 18.2 Å². The number of carbonyl (C=O) groups is 2. The molecule has 0 spiro atoms. The maximum Gasteiger partial charge on any atom is 0.337 e. The fraction of sp³-hybridized carbons (Fsp3) is 0.348. The van der Waals surface area contributed by atoms with Crippen LogP contribution in [-0.4, -0.2) is 44.5 Å². The summed E-state index contributed by atoms with van der Waals surface area (Å²) in [6.07, 6.45) is 9.31. The number of aromatic nitrogens is 4. The Morgan fingerprint density at radius 3 is 2.59 bits per heavy atom. The summed E-state index contributed by atoms with van der Waals surface area (Å²) in [6, 6.07) is 10.8. The lowest BCUT2D eigenvalue weighted by atomic mass is 9.95. The van der Waals surface area contributed by atoms with E-state index in [9.17, 15) is 9.59 Å². The van der Waals surface area contributed by atoms with Crippen LogP contribution in [0.15, 0.2) is 53.9 Å². The average Bonchev–Trinajstić information content (AvgIpc) is 3.28. The number of carbonyl (C=O) groups excluding carboxylic acids is 2. The first-order chi connectivity index (χ1) is 15.7. The molecule has 1 saturated carbocycles. The van der Waals surface area contributed by atoms with E-state index < -0.39 is 5.97 Å². The van der Waals surface area contributed by atoms with E-state index in [0.717, 1.165) is 29.4 Å². The number of benzene rings is 1. The zero-order chi connectivity index (χ0) is 22.3. The van der Waals surface area contributed by atoms with Gasteiger partial charge in [-0.2, -0.15) is 0 Å². The maximum absolute atomic E-state index is 12.5. The van der Waals surface area contributed by atoms with Gasteiger partial charge in [0.25, 0.3) is 0 Å². The second kappa shape index (κ2) is 10.4. The number of hydrogen-bond donors (Lipinski definition) is 1. The molecule has 0 unspecified atom stereocenters. The van der Waals surface area contributed by atoms with Crippen LogP contribution >= 0.6 is 11.8 Å². The molecule has 1 aromatic carbocycles. The minimum Gasteiger partial charge on any atom is -0.465 e. The molecule has 1 N–H and O–H groups in total. The molecule has 0 atom stereocenters. The molecular weight excluding hydrogens is 426 g/mol. The molecule has 1 aliphatic rings. The lowest BCUT2D eigenvalue weighted by Gasteiger charge is -2.25. The van der Waals surface area contributed by atoms with Gasteiger partial charge < -0.3 is 10.1 Å². The third-order valence-corrected chi connectivity index (χ3v) is 6.39. The molecule has 166 valence electrons. The Morgan fingerprint density at radius 1 is 1.12 bits per heavy atom. The molecule has 3 aromatic rings. The highest BCUT2D eigenvalue weighted by Gasteiger charge is 2.24. The van der Waals surface area contributed by atoms with Gasteiger partial charge in [0, 0.05) is 29.7 Å². The minimum atomic E-state index is -0.412. The van der Waals surface area contributed by atoms with Crippen LogP contribution in [-0.2, 0) is 9.53 Å². The van der Waals surface area contributed by atoms with E-state index in [1.807, 2.05) is 12.1 Å². The smallest absolute Gasteiger partial charge is 0.337 e. The van der Waals surface area contributed by atoms with Crippen LogP contribution in [0.3, 0.4) is 0 Å². The number of nitrogens with zero attached hydrogens (tertiary/aromatic N) is 4. The van der Waals surface area contributed by atoms with Crippen LogP contribution in [0.25, 0.3) is 11.4 Å². The van der Waals surface area contributed by atoms with Gasteiger partial charge in [0.2, 0.25) is 5.91 Å². The van der Waals surface area contributed by atoms with Gasteiger partial charge in [-0.1, -0.05) is 31.0 Å². The zero-order valence-corrected chi connectivity index (χ0v) is 18.7. The quantitative estimate of drug-likeness (QED) is 0.421. The number of thioether (sulfide) groups is 1. The number of ether oxygens (including phenoxy) is 1. The molecule has 1 amide bonds. The number of esters is 1. The Balaban J connectivity index is 1.46. The molecule has 0 saturated heterocycles. The maximum atomic E-state index is 12.5. The lowest BCUT2D eigenvalue weighted by Crippen LogP contribution is -2.17. The van der Waals surface area contributed by atoms with Crippen molar-refractivity contribution in [3.05, 3.63) is 54.4 Å². The van der Waals surface area contributed by atoms with Gasteiger partial charge in [-0.3, -0.25) is 14.3 Å². The number of methoxy groups -OCH3 is 1. The molecule has 32 heavy (non-hydrogen) atoms. The Hall–Kier alpha value is -3.20. The first kappa shape index (κ1) is 22.0. The van der Waals surface area contributed by atoms with Gasteiger partial charge in [0.05, 0.1) is 18.4 Å². The van der Waals surface area contributed by atoms with E-state index in [1.165, 1.54) is 38.1 Å². The number of amides is 1. The Bertz CT molecular complexity index is 1060. The fourth-order valence-corrected chi connectivity index (χ4v) is 4.68. The summed E-state index contributed by atoms with van der Waals surface area (Å²) in [7, 11) is 1.33. The van der Waals surface area contributed by atoms with Gasteiger partial charge in [0.15, 0.2) is 11.0 Å². The zero-order valence-electron chi connectivity index (χ0n) is 17.9. The SMILES string of the molecule is COC(=O)c1ccc(NC(=O)CSc2nnc(-c3cccnc3)n2C2CCCCC2)cc1. The van der Waals surface area contributed by atoms with Crippen molar-refractivity contribution in [3.8, 4) is 11.4 Å². The topological polar surface area (TPSA) is 99.0 Å². The summed E-state index contributed by atoms with van der Waals surface area (Å²) in [4.78, 5) is 28.3. The predicted molar refractivity (Wildman–Crippen MR) is 123 cm³/mol. The normalized spacial score (nSPS) is 14.2. The van der Waals surface area contributed by atoms with Crippen molar-refractivity contribution < 1.29 is 14.3 Å². The fourth-order valence-electron chi connectivity index (χ4n) is 3.87. The van der Waals surface area contributed by atoms with E-state index in [2.05, 4.69) is 25.1 Å². The molecule has 0 aliphatic heterocycles. The molecule has 2 heterocycles. The molecule has 9 heteroatoms. The Kier molecular flexibility index (Phi) is 7.16. The van der Waals surface area contributed by atoms with Gasteiger partial charge in [-0.25, -0.2) is 4.79 Å². The van der Waals surface area contributed by atoms with Crippen molar-refractivity contribution in [3.63, 3.8) is 0 Å². The van der Waals surface area contributed by atoms with Gasteiger partial charge >= 0.3 is 5.97 Å². The number of hydrogen-bond acceptors (Lipinski definition) is 7. The third-order valence-electron chi connectivity index (χ3n) is 5.45. The third kappa shape index (κ3) is 5.16. The van der Waals surface area contributed by atoms with E-state index in [0.29, 0.717) is 17.3 Å². The summed E-state index contributed by atoms with van der Waals surface area (Å²) in [5.41, 5.74) is 1.98. The highest BCUT2D eigenvalue weighted by atomic mass is 32.2. The van der Waals surface area contributed by atoms with Crippen molar-refractivity contribution in [1.29, 1.82) is 0 Å². The number of pyridine rings is 1. The van der Waals surface area contributed by atoms with Gasteiger partial charge in [0.1, 0.15) is 0 Å². The largest absolute Gasteiger partial charge is 0.465 e. The second-order valence-corrected chi connectivity index (χ2v) is 8.56. The summed E-state index contributed by atoms with van der Waals surface area (Å²) < 4.78 is 6.87. The molecular formula is C23H25N5O3S. The van der Waals surface area contributed by atoms with E-state index >= 15 is 0 Å². The van der Waals surface area contributed by atoms with Crippen LogP contribution in [0.5, 0.6) is 0 Å². The Labute approximate surface area is 190 Å². The van der Waals surface area contributed by atoms with Crippen LogP contribution < -0.4 is 5.32 Å². The van der Waals surface area contributed by atoms with Crippen LogP contribution in [0.1, 0.15) is 48.5 Å². The Morgan fingerprint density at radius 2 is 1.91 bits per heavy atom. The van der Waals surface area contributed by atoms with Crippen LogP contribution in [0, 0.1) is 0 Å². The van der Waals surface area contributed by atoms with E-state index in [-0.39, 0.29) is 11.7 Å². The van der Waals surface area contributed by atoms with E-state index in [4.69, 9.17) is 4.74 Å². The standard InChI is InChI=1S/C23H25N5O3S/c1-31-22(30)16-9-11-18(12-10-16)25-20(29)15-32-23-27-26-21(17-6-5-13-24-14-17)28(23)19-7-3-2-4-8-19/h5-6,9-14,19H,2-4,7-8,15H2,1H3,(H,25,29). The molecule has 4 rings (SSSR count). The van der Waals surface area contributed by atoms with Crippen LogP contribution in [0.2, 0.25) is 0 Å². The highest BCUT2D eigenvalue weighted by molar-refractivity contribution is 7.99. The second-order valence-electron chi connectivity index (χ2n) is 7.62. The monoisotopic (exact) mass is 451 g/mol. The molecule has 1 aliphatic carbocycles. The van der Waals surface area contributed by atoms with E-state index in [1.54, 1.807) is 36.7 Å². The molecule has 0 radical (unpaired) electrons. The average molecular weight is 452 g/mol. The number of nitrogens with one attached hydrogen (secondary N) is 1. The summed E-state index contributed by atoms with van der Waals surface area (Å²) in [6.45, 7) is 0. The van der Waals surface area contributed by atoms with Crippen molar-refractivity contribution in [2.45, 2.75) is 43.3 Å². The minimum absolute atomic E-state index is 0.151. The predicted octanol–water partition coefficient (Wildman–Crippen LogP) is 4.36. The van der Waals surface area contributed by atoms with Crippen molar-refractivity contribution in [1.82, 2.24) is 19.7 Å². The highest BCUT2D eigenvalue weighted by Crippen LogP contribution is 2.35. The molecule has 2 aromatic heterocycles. The summed E-state index contributed by atoms with van der Waals surface area (Å²) in [5, 5.41) is 12.4. The van der Waals surface area contributed by atoms with Crippen LogP contribution in [0.4, 0.5) is 5.69 Å². The van der Waals surface area contributed by atoms with Crippen molar-refractivity contribution >= 4 is 29.3 Å². The van der Waals surface area contributed by atoms with Crippen molar-refractivity contribution in [2.24, 2.45) is 0 Å². The number of rotatable bonds is 7. The first-order valence-corrected chi connectivity index (χ1v) is 11.6.